The van der Waals surface area contributed by atoms with Crippen LogP contribution in [0.4, 0.5) is 5.69 Å². The number of nitrogens with zero attached hydrogens (tertiary/aromatic N) is 2. The minimum atomic E-state index is 0.760. The van der Waals surface area contributed by atoms with Gasteiger partial charge in [0.05, 0.1) is 20.5 Å². The summed E-state index contributed by atoms with van der Waals surface area (Å²) in [5.41, 5.74) is 10.3. The summed E-state index contributed by atoms with van der Waals surface area (Å²) in [4.78, 5) is 8.94. The Labute approximate surface area is 95.9 Å². The van der Waals surface area contributed by atoms with Gasteiger partial charge in [-0.25, -0.2) is 9.97 Å². The van der Waals surface area contributed by atoms with Crippen LogP contribution < -0.4 is 5.73 Å². The highest BCUT2D eigenvalue weighted by Crippen LogP contribution is 2.23. The van der Waals surface area contributed by atoms with Crippen LogP contribution in [0, 0.1) is 17.4 Å². The Bertz CT molecular complexity index is 508. The van der Waals surface area contributed by atoms with E-state index in [2.05, 4.69) is 32.6 Å². The van der Waals surface area contributed by atoms with Crippen LogP contribution in [0.3, 0.4) is 0 Å². The van der Waals surface area contributed by atoms with Gasteiger partial charge in [-0.1, -0.05) is 0 Å². The van der Waals surface area contributed by atoms with E-state index in [1.807, 2.05) is 26.0 Å². The molecule has 0 atom stereocenters. The molecular formula is C10H10IN3. The van der Waals surface area contributed by atoms with Gasteiger partial charge >= 0.3 is 0 Å². The summed E-state index contributed by atoms with van der Waals surface area (Å²) < 4.78 is 0.982. The topological polar surface area (TPSA) is 51.8 Å². The Balaban J connectivity index is 2.89. The van der Waals surface area contributed by atoms with Crippen LogP contribution in [0.1, 0.15) is 11.4 Å². The summed E-state index contributed by atoms with van der Waals surface area (Å²) in [5.74, 6) is 0. The largest absolute Gasteiger partial charge is 0.398 e. The molecular weight excluding hydrogens is 289 g/mol. The van der Waals surface area contributed by atoms with E-state index < -0.39 is 0 Å². The summed E-state index contributed by atoms with van der Waals surface area (Å²) in [6.45, 7) is 3.92. The second kappa shape index (κ2) is 3.34. The molecule has 0 spiro atoms. The highest BCUT2D eigenvalue weighted by molar-refractivity contribution is 14.1. The third-order valence-corrected chi connectivity index (χ3v) is 3.35. The third-order valence-electron chi connectivity index (χ3n) is 2.22. The number of fused-ring (bicyclic) bond motifs is 1. The fourth-order valence-electron chi connectivity index (χ4n) is 1.28. The van der Waals surface area contributed by atoms with Crippen LogP contribution in [-0.2, 0) is 0 Å². The first kappa shape index (κ1) is 9.64. The lowest BCUT2D eigenvalue weighted by molar-refractivity contribution is 1.10. The van der Waals surface area contributed by atoms with Crippen molar-refractivity contribution in [3.63, 3.8) is 0 Å². The molecule has 0 aliphatic rings. The van der Waals surface area contributed by atoms with Gasteiger partial charge in [-0.15, -0.1) is 0 Å². The van der Waals surface area contributed by atoms with Crippen molar-refractivity contribution in [1.29, 1.82) is 0 Å². The number of rotatable bonds is 0. The fraction of sp³-hybridized carbons (Fsp3) is 0.200. The van der Waals surface area contributed by atoms with Crippen molar-refractivity contribution < 1.29 is 0 Å². The van der Waals surface area contributed by atoms with Crippen LogP contribution in [-0.4, -0.2) is 9.97 Å². The van der Waals surface area contributed by atoms with Crippen LogP contribution in [0.2, 0.25) is 0 Å². The molecule has 0 fully saturated rings. The lowest BCUT2D eigenvalue weighted by Crippen LogP contribution is -1.97. The quantitative estimate of drug-likeness (QED) is 0.600. The normalized spacial score (nSPS) is 10.8. The average molecular weight is 299 g/mol. The number of benzene rings is 1. The summed E-state index contributed by atoms with van der Waals surface area (Å²) in [5, 5.41) is 0. The maximum atomic E-state index is 5.80. The molecule has 0 amide bonds. The molecule has 4 heteroatoms. The fourth-order valence-corrected chi connectivity index (χ4v) is 1.85. The monoisotopic (exact) mass is 299 g/mol. The van der Waals surface area contributed by atoms with Gasteiger partial charge < -0.3 is 5.73 Å². The maximum absolute atomic E-state index is 5.80. The minimum absolute atomic E-state index is 0.760. The molecule has 2 aromatic rings. The molecule has 1 aromatic carbocycles. The molecule has 0 unspecified atom stereocenters. The SMILES string of the molecule is Cc1nc2ccc(N)c(I)c2nc1C. The van der Waals surface area contributed by atoms with E-state index in [0.717, 1.165) is 31.7 Å². The van der Waals surface area contributed by atoms with Gasteiger partial charge in [-0.3, -0.25) is 0 Å². The van der Waals surface area contributed by atoms with Gasteiger partial charge in [0.25, 0.3) is 0 Å². The van der Waals surface area contributed by atoms with Gasteiger partial charge in [-0.05, 0) is 48.6 Å². The number of aromatic nitrogens is 2. The van der Waals surface area contributed by atoms with Crippen LogP contribution in [0.15, 0.2) is 12.1 Å². The van der Waals surface area contributed by atoms with E-state index in [1.165, 1.54) is 0 Å². The molecule has 1 heterocycles. The Morgan fingerprint density at radius 3 is 2.50 bits per heavy atom. The number of hydrogen-bond donors (Lipinski definition) is 1. The first-order valence-corrected chi connectivity index (χ1v) is 5.36. The summed E-state index contributed by atoms with van der Waals surface area (Å²) in [6.07, 6.45) is 0. The van der Waals surface area contributed by atoms with Crippen LogP contribution in [0.5, 0.6) is 0 Å². The molecule has 72 valence electrons. The number of hydrogen-bond acceptors (Lipinski definition) is 3. The molecule has 2 rings (SSSR count). The van der Waals surface area contributed by atoms with Crippen molar-refractivity contribution in [1.82, 2.24) is 9.97 Å². The summed E-state index contributed by atoms with van der Waals surface area (Å²) in [6, 6.07) is 3.78. The first-order valence-electron chi connectivity index (χ1n) is 4.28. The van der Waals surface area contributed by atoms with E-state index >= 15 is 0 Å². The van der Waals surface area contributed by atoms with E-state index in [4.69, 9.17) is 5.73 Å². The number of anilines is 1. The van der Waals surface area contributed by atoms with Crippen LogP contribution >= 0.6 is 22.6 Å². The number of aryl methyl sites for hydroxylation is 2. The van der Waals surface area contributed by atoms with Gasteiger partial charge in [0.1, 0.15) is 5.52 Å². The highest BCUT2D eigenvalue weighted by atomic mass is 127. The summed E-state index contributed by atoms with van der Waals surface area (Å²) in [7, 11) is 0. The lowest BCUT2D eigenvalue weighted by Gasteiger charge is -2.05. The van der Waals surface area contributed by atoms with Crippen molar-refractivity contribution in [2.24, 2.45) is 0 Å². The molecule has 0 saturated carbocycles. The zero-order valence-electron chi connectivity index (χ0n) is 8.00. The number of nitrogen functional groups attached to an aromatic ring is 1. The Morgan fingerprint density at radius 2 is 1.79 bits per heavy atom. The lowest BCUT2D eigenvalue weighted by atomic mass is 10.2. The number of halogens is 1. The average Bonchev–Trinajstić information content (AvgIpc) is 2.15. The minimum Gasteiger partial charge on any atom is -0.398 e. The zero-order valence-corrected chi connectivity index (χ0v) is 10.2. The van der Waals surface area contributed by atoms with Gasteiger partial charge in [0.2, 0.25) is 0 Å². The molecule has 0 saturated heterocycles. The van der Waals surface area contributed by atoms with Crippen LogP contribution in [0.25, 0.3) is 11.0 Å². The van der Waals surface area contributed by atoms with E-state index in [0.29, 0.717) is 0 Å². The van der Waals surface area contributed by atoms with E-state index in [9.17, 15) is 0 Å². The molecule has 14 heavy (non-hydrogen) atoms. The molecule has 2 N–H and O–H groups in total. The highest BCUT2D eigenvalue weighted by Gasteiger charge is 2.06. The Hall–Kier alpha value is -0.910. The second-order valence-corrected chi connectivity index (χ2v) is 4.31. The molecule has 3 nitrogen and oxygen atoms in total. The van der Waals surface area contributed by atoms with Crippen molar-refractivity contribution >= 4 is 39.3 Å². The Morgan fingerprint density at radius 1 is 1.14 bits per heavy atom. The number of nitrogens with two attached hydrogens (primary N) is 1. The smallest absolute Gasteiger partial charge is 0.104 e. The van der Waals surface area contributed by atoms with Crippen molar-refractivity contribution in [3.05, 3.63) is 27.1 Å². The van der Waals surface area contributed by atoms with E-state index in [1.54, 1.807) is 0 Å². The third kappa shape index (κ3) is 1.43. The van der Waals surface area contributed by atoms with Crippen molar-refractivity contribution in [2.45, 2.75) is 13.8 Å². The standard InChI is InChI=1S/C10H10IN3/c1-5-6(2)14-10-8(13-5)4-3-7(12)9(10)11/h3-4H,12H2,1-2H3. The van der Waals surface area contributed by atoms with Gasteiger partial charge in [0, 0.05) is 5.69 Å². The van der Waals surface area contributed by atoms with E-state index in [-0.39, 0.29) is 0 Å². The van der Waals surface area contributed by atoms with Crippen molar-refractivity contribution in [3.8, 4) is 0 Å². The molecule has 0 radical (unpaired) electrons. The van der Waals surface area contributed by atoms with Gasteiger partial charge in [-0.2, -0.15) is 0 Å². The zero-order chi connectivity index (χ0) is 10.3. The molecule has 0 aliphatic heterocycles. The van der Waals surface area contributed by atoms with Gasteiger partial charge in [0.15, 0.2) is 0 Å². The predicted octanol–water partition coefficient (Wildman–Crippen LogP) is 2.43. The predicted molar refractivity (Wildman–Crippen MR) is 66.1 cm³/mol. The van der Waals surface area contributed by atoms with Crippen molar-refractivity contribution in [2.75, 3.05) is 5.73 Å². The first-order chi connectivity index (χ1) is 6.59. The molecule has 0 bridgehead atoms. The molecule has 1 aromatic heterocycles. The molecule has 0 aliphatic carbocycles. The summed E-state index contributed by atoms with van der Waals surface area (Å²) >= 11 is 2.20. The maximum Gasteiger partial charge on any atom is 0.104 e. The Kier molecular flexibility index (Phi) is 2.30. The second-order valence-electron chi connectivity index (χ2n) is 3.23.